The average molecular weight is 353 g/mol. The van der Waals surface area contributed by atoms with Crippen molar-refractivity contribution >= 4 is 17.0 Å². The van der Waals surface area contributed by atoms with Gasteiger partial charge in [0, 0.05) is 12.3 Å². The van der Waals surface area contributed by atoms with Crippen molar-refractivity contribution in [2.75, 3.05) is 19.8 Å². The molecule has 1 aromatic carbocycles. The van der Waals surface area contributed by atoms with Crippen LogP contribution >= 0.6 is 0 Å². The predicted molar refractivity (Wildman–Crippen MR) is 97.1 cm³/mol. The summed E-state index contributed by atoms with van der Waals surface area (Å²) in [7, 11) is 0. The number of hydrogen-bond donors (Lipinski definition) is 1. The van der Waals surface area contributed by atoms with Gasteiger partial charge in [0.1, 0.15) is 29.4 Å². The molecule has 0 fully saturated rings. The SMILES string of the molecule is C=CCOc1cc(OCC(=O)OCC)ccc1-c1nc2cnccc2[nH]1. The number of nitrogens with one attached hydrogen (secondary N) is 1. The van der Waals surface area contributed by atoms with Crippen LogP contribution in [0.1, 0.15) is 6.92 Å². The van der Waals surface area contributed by atoms with E-state index in [0.29, 0.717) is 30.5 Å². The van der Waals surface area contributed by atoms with Gasteiger partial charge in [-0.15, -0.1) is 0 Å². The van der Waals surface area contributed by atoms with Gasteiger partial charge < -0.3 is 19.2 Å². The largest absolute Gasteiger partial charge is 0.489 e. The third-order valence-corrected chi connectivity index (χ3v) is 3.51. The molecule has 0 atom stereocenters. The molecule has 1 N–H and O–H groups in total. The maximum Gasteiger partial charge on any atom is 0.344 e. The number of hydrogen-bond acceptors (Lipinski definition) is 6. The van der Waals surface area contributed by atoms with E-state index in [-0.39, 0.29) is 6.61 Å². The van der Waals surface area contributed by atoms with Crippen molar-refractivity contribution in [2.24, 2.45) is 0 Å². The maximum atomic E-state index is 11.4. The number of H-pyrrole nitrogens is 1. The highest BCUT2D eigenvalue weighted by Crippen LogP contribution is 2.33. The Bertz CT molecular complexity index is 887. The normalized spacial score (nSPS) is 10.5. The summed E-state index contributed by atoms with van der Waals surface area (Å²) in [6.07, 6.45) is 5.04. The molecule has 0 aliphatic carbocycles. The molecule has 7 nitrogen and oxygen atoms in total. The molecule has 0 aliphatic heterocycles. The molecule has 0 saturated heterocycles. The van der Waals surface area contributed by atoms with Crippen LogP contribution in [-0.4, -0.2) is 40.7 Å². The van der Waals surface area contributed by atoms with Gasteiger partial charge in [-0.05, 0) is 25.1 Å². The molecule has 7 heteroatoms. The molecular weight excluding hydrogens is 334 g/mol. The Balaban J connectivity index is 1.88. The fraction of sp³-hybridized carbons (Fsp3) is 0.211. The van der Waals surface area contributed by atoms with Crippen molar-refractivity contribution in [1.29, 1.82) is 0 Å². The number of aromatic nitrogens is 3. The Labute approximate surface area is 150 Å². The summed E-state index contributed by atoms with van der Waals surface area (Å²) in [6, 6.07) is 7.14. The first-order valence-corrected chi connectivity index (χ1v) is 8.17. The van der Waals surface area contributed by atoms with Crippen molar-refractivity contribution in [3.63, 3.8) is 0 Å². The molecule has 3 rings (SSSR count). The van der Waals surface area contributed by atoms with Crippen LogP contribution in [0, 0.1) is 0 Å². The van der Waals surface area contributed by atoms with Crippen molar-refractivity contribution in [3.8, 4) is 22.9 Å². The van der Waals surface area contributed by atoms with Gasteiger partial charge in [-0.1, -0.05) is 12.7 Å². The first-order chi connectivity index (χ1) is 12.7. The van der Waals surface area contributed by atoms with Crippen molar-refractivity contribution in [3.05, 3.63) is 49.3 Å². The first-order valence-electron chi connectivity index (χ1n) is 8.17. The lowest BCUT2D eigenvalue weighted by Gasteiger charge is -2.11. The summed E-state index contributed by atoms with van der Waals surface area (Å²) in [5.74, 6) is 1.30. The molecule has 0 saturated carbocycles. The van der Waals surface area contributed by atoms with Crippen LogP contribution in [0.15, 0.2) is 49.3 Å². The monoisotopic (exact) mass is 353 g/mol. The van der Waals surface area contributed by atoms with Gasteiger partial charge in [0.15, 0.2) is 6.61 Å². The second-order valence-corrected chi connectivity index (χ2v) is 5.33. The molecule has 2 heterocycles. The Morgan fingerprint density at radius 1 is 1.31 bits per heavy atom. The highest BCUT2D eigenvalue weighted by atomic mass is 16.6. The van der Waals surface area contributed by atoms with Crippen LogP contribution in [-0.2, 0) is 9.53 Å². The van der Waals surface area contributed by atoms with Crippen LogP contribution in [0.2, 0.25) is 0 Å². The Morgan fingerprint density at radius 3 is 2.96 bits per heavy atom. The van der Waals surface area contributed by atoms with E-state index < -0.39 is 5.97 Å². The average Bonchev–Trinajstić information content (AvgIpc) is 3.09. The van der Waals surface area contributed by atoms with E-state index >= 15 is 0 Å². The van der Waals surface area contributed by atoms with E-state index in [4.69, 9.17) is 14.2 Å². The molecule has 0 spiro atoms. The number of fused-ring (bicyclic) bond motifs is 1. The molecule has 0 aliphatic rings. The van der Waals surface area contributed by atoms with Gasteiger partial charge in [-0.25, -0.2) is 9.78 Å². The first kappa shape index (κ1) is 17.5. The Morgan fingerprint density at radius 2 is 2.19 bits per heavy atom. The number of nitrogens with zero attached hydrogens (tertiary/aromatic N) is 2. The molecule has 3 aromatic rings. The fourth-order valence-corrected chi connectivity index (χ4v) is 2.39. The number of pyridine rings is 1. The minimum atomic E-state index is -0.421. The zero-order valence-corrected chi connectivity index (χ0v) is 14.4. The molecule has 0 radical (unpaired) electrons. The summed E-state index contributed by atoms with van der Waals surface area (Å²) in [6.45, 7) is 5.90. The summed E-state index contributed by atoms with van der Waals surface area (Å²) in [5, 5.41) is 0. The second-order valence-electron chi connectivity index (χ2n) is 5.33. The summed E-state index contributed by atoms with van der Waals surface area (Å²) in [4.78, 5) is 23.3. The molecule has 2 aromatic heterocycles. The molecular formula is C19H19N3O4. The minimum absolute atomic E-state index is 0.162. The van der Waals surface area contributed by atoms with E-state index in [0.717, 1.165) is 16.6 Å². The summed E-state index contributed by atoms with van der Waals surface area (Å²) >= 11 is 0. The number of ether oxygens (including phenoxy) is 3. The highest BCUT2D eigenvalue weighted by molar-refractivity contribution is 5.80. The van der Waals surface area contributed by atoms with Gasteiger partial charge in [-0.3, -0.25) is 4.98 Å². The predicted octanol–water partition coefficient (Wildman–Crippen LogP) is 3.13. The zero-order chi connectivity index (χ0) is 18.4. The lowest BCUT2D eigenvalue weighted by atomic mass is 10.2. The van der Waals surface area contributed by atoms with Crippen molar-refractivity contribution in [1.82, 2.24) is 15.0 Å². The van der Waals surface area contributed by atoms with E-state index in [1.54, 1.807) is 37.5 Å². The number of imidazole rings is 1. The topological polar surface area (TPSA) is 86.3 Å². The van der Waals surface area contributed by atoms with E-state index in [1.807, 2.05) is 12.1 Å². The van der Waals surface area contributed by atoms with Crippen LogP contribution in [0.5, 0.6) is 11.5 Å². The number of esters is 1. The molecule has 134 valence electrons. The minimum Gasteiger partial charge on any atom is -0.489 e. The lowest BCUT2D eigenvalue weighted by molar-refractivity contribution is -0.145. The van der Waals surface area contributed by atoms with Crippen LogP contribution in [0.25, 0.3) is 22.4 Å². The van der Waals surface area contributed by atoms with Crippen LogP contribution in [0.3, 0.4) is 0 Å². The smallest absolute Gasteiger partial charge is 0.344 e. The molecule has 0 amide bonds. The van der Waals surface area contributed by atoms with Crippen LogP contribution in [0.4, 0.5) is 0 Å². The quantitative estimate of drug-likeness (QED) is 0.495. The van der Waals surface area contributed by atoms with Gasteiger partial charge in [-0.2, -0.15) is 0 Å². The van der Waals surface area contributed by atoms with E-state index in [9.17, 15) is 4.79 Å². The van der Waals surface area contributed by atoms with Gasteiger partial charge >= 0.3 is 5.97 Å². The molecule has 26 heavy (non-hydrogen) atoms. The van der Waals surface area contributed by atoms with E-state index in [1.165, 1.54) is 0 Å². The number of aromatic amines is 1. The lowest BCUT2D eigenvalue weighted by Crippen LogP contribution is -2.14. The standard InChI is InChI=1S/C19H19N3O4/c1-3-9-25-17-10-13(26-12-18(23)24-4-2)5-6-14(17)19-21-15-7-8-20-11-16(15)22-19/h3,5-8,10-11H,1,4,9,12H2,2H3,(H,21,22). The third-order valence-electron chi connectivity index (χ3n) is 3.51. The number of benzene rings is 1. The third kappa shape index (κ3) is 4.00. The number of carbonyl (C=O) groups excluding carboxylic acids is 1. The van der Waals surface area contributed by atoms with Gasteiger partial charge in [0.25, 0.3) is 0 Å². The fourth-order valence-electron chi connectivity index (χ4n) is 2.39. The van der Waals surface area contributed by atoms with Gasteiger partial charge in [0.05, 0.1) is 23.9 Å². The second kappa shape index (κ2) is 8.15. The summed E-state index contributed by atoms with van der Waals surface area (Å²) < 4.78 is 16.1. The molecule has 0 bridgehead atoms. The van der Waals surface area contributed by atoms with Crippen LogP contribution < -0.4 is 9.47 Å². The van der Waals surface area contributed by atoms with Crippen molar-refractivity contribution in [2.45, 2.75) is 6.92 Å². The summed E-state index contributed by atoms with van der Waals surface area (Å²) in [5.41, 5.74) is 2.42. The Hall–Kier alpha value is -3.35. The number of carbonyl (C=O) groups is 1. The van der Waals surface area contributed by atoms with Crippen molar-refractivity contribution < 1.29 is 19.0 Å². The van der Waals surface area contributed by atoms with E-state index in [2.05, 4.69) is 21.5 Å². The zero-order valence-electron chi connectivity index (χ0n) is 14.4. The highest BCUT2D eigenvalue weighted by Gasteiger charge is 2.13. The Kier molecular flexibility index (Phi) is 5.48. The maximum absolute atomic E-state index is 11.4. The molecule has 0 unspecified atom stereocenters. The number of rotatable bonds is 8. The van der Waals surface area contributed by atoms with Gasteiger partial charge in [0.2, 0.25) is 0 Å².